The zero-order chi connectivity index (χ0) is 12.4. The molecule has 2 rings (SSSR count). The number of nitrogens with one attached hydrogen (secondary N) is 2. The Balaban J connectivity index is 2.23. The molecule has 5 N–H and O–H groups in total. The van der Waals surface area contributed by atoms with E-state index in [-0.39, 0.29) is 23.7 Å². The number of imidazole rings is 1. The highest BCUT2D eigenvalue weighted by molar-refractivity contribution is 5.70. The van der Waals surface area contributed by atoms with Crippen molar-refractivity contribution in [2.45, 2.75) is 6.61 Å². The van der Waals surface area contributed by atoms with Crippen molar-refractivity contribution < 1.29 is 14.6 Å². The number of ether oxygens (including phenoxy) is 1. The molecule has 0 atom stereocenters. The second-order valence-electron chi connectivity index (χ2n) is 3.22. The number of anilines is 1. The number of aromatic amines is 2. The summed E-state index contributed by atoms with van der Waals surface area (Å²) in [5.74, 6) is -0.807. The number of hydrogen-bond acceptors (Lipinski definition) is 6. The highest BCUT2D eigenvalue weighted by Gasteiger charge is 2.09. The van der Waals surface area contributed by atoms with Crippen molar-refractivity contribution in [1.29, 1.82) is 0 Å². The van der Waals surface area contributed by atoms with Crippen molar-refractivity contribution in [3.05, 3.63) is 16.2 Å². The molecule has 0 aromatic carbocycles. The van der Waals surface area contributed by atoms with E-state index in [1.807, 2.05) is 0 Å². The van der Waals surface area contributed by atoms with Gasteiger partial charge in [0.2, 0.25) is 5.95 Å². The lowest BCUT2D eigenvalue weighted by Crippen LogP contribution is -2.11. The van der Waals surface area contributed by atoms with E-state index in [9.17, 15) is 9.59 Å². The van der Waals surface area contributed by atoms with Crippen molar-refractivity contribution in [2.24, 2.45) is 0 Å². The zero-order valence-corrected chi connectivity index (χ0v) is 8.56. The van der Waals surface area contributed by atoms with Crippen LogP contribution in [0.5, 0.6) is 0 Å². The van der Waals surface area contributed by atoms with Crippen LogP contribution < -0.4 is 11.3 Å². The van der Waals surface area contributed by atoms with Gasteiger partial charge in [0, 0.05) is 0 Å². The van der Waals surface area contributed by atoms with E-state index in [2.05, 4.69) is 19.9 Å². The van der Waals surface area contributed by atoms with Gasteiger partial charge in [-0.3, -0.25) is 9.78 Å². The number of carbonyl (C=O) groups is 1. The van der Waals surface area contributed by atoms with Crippen molar-refractivity contribution >= 4 is 23.1 Å². The largest absolute Gasteiger partial charge is 0.480 e. The maximum atomic E-state index is 11.4. The molecule has 0 bridgehead atoms. The van der Waals surface area contributed by atoms with Crippen LogP contribution in [0, 0.1) is 0 Å². The van der Waals surface area contributed by atoms with E-state index in [0.717, 1.165) is 0 Å². The molecule has 0 amide bonds. The summed E-state index contributed by atoms with van der Waals surface area (Å²) >= 11 is 0. The van der Waals surface area contributed by atoms with Crippen molar-refractivity contribution in [2.75, 3.05) is 12.3 Å². The van der Waals surface area contributed by atoms with Crippen LogP contribution in [0.3, 0.4) is 0 Å². The summed E-state index contributed by atoms with van der Waals surface area (Å²) in [6, 6.07) is 0. The molecule has 0 unspecified atom stereocenters. The fourth-order valence-electron chi connectivity index (χ4n) is 1.28. The van der Waals surface area contributed by atoms with E-state index in [4.69, 9.17) is 15.6 Å². The number of aromatic nitrogens is 4. The SMILES string of the molecule is Nc1nc2nc(COCC(=O)O)[nH]c2c(=O)[nH]1. The number of nitrogen functional groups attached to an aromatic ring is 1. The smallest absolute Gasteiger partial charge is 0.329 e. The van der Waals surface area contributed by atoms with Gasteiger partial charge in [-0.2, -0.15) is 4.98 Å². The fraction of sp³-hybridized carbons (Fsp3) is 0.250. The van der Waals surface area contributed by atoms with Gasteiger partial charge in [0.05, 0.1) is 0 Å². The molecule has 0 aliphatic carbocycles. The molecule has 9 heteroatoms. The summed E-state index contributed by atoms with van der Waals surface area (Å²) in [5, 5.41) is 8.37. The van der Waals surface area contributed by atoms with Crippen LogP contribution in [0.4, 0.5) is 5.95 Å². The third-order valence-corrected chi connectivity index (χ3v) is 1.89. The van der Waals surface area contributed by atoms with Gasteiger partial charge >= 0.3 is 5.97 Å². The first-order chi connectivity index (χ1) is 8.06. The molecule has 9 nitrogen and oxygen atoms in total. The van der Waals surface area contributed by atoms with Gasteiger partial charge in [-0.1, -0.05) is 0 Å². The van der Waals surface area contributed by atoms with Crippen molar-refractivity contribution in [1.82, 2.24) is 19.9 Å². The highest BCUT2D eigenvalue weighted by Crippen LogP contribution is 2.05. The first-order valence-corrected chi connectivity index (χ1v) is 4.60. The van der Waals surface area contributed by atoms with Gasteiger partial charge in [0.15, 0.2) is 11.2 Å². The number of fused-ring (bicyclic) bond motifs is 1. The van der Waals surface area contributed by atoms with Crippen LogP contribution in [0.1, 0.15) is 5.82 Å². The van der Waals surface area contributed by atoms with Crippen LogP contribution in [-0.2, 0) is 16.1 Å². The lowest BCUT2D eigenvalue weighted by molar-refractivity contribution is -0.142. The van der Waals surface area contributed by atoms with Gasteiger partial charge in [-0.15, -0.1) is 0 Å². The molecule has 90 valence electrons. The number of nitrogens with zero attached hydrogens (tertiary/aromatic N) is 2. The number of rotatable bonds is 4. The molecule has 2 heterocycles. The summed E-state index contributed by atoms with van der Waals surface area (Å²) in [7, 11) is 0. The Morgan fingerprint density at radius 1 is 1.41 bits per heavy atom. The Morgan fingerprint density at radius 2 is 2.18 bits per heavy atom. The molecule has 17 heavy (non-hydrogen) atoms. The van der Waals surface area contributed by atoms with Crippen LogP contribution >= 0.6 is 0 Å². The lowest BCUT2D eigenvalue weighted by Gasteiger charge is -1.95. The van der Waals surface area contributed by atoms with Gasteiger partial charge in [-0.25, -0.2) is 9.78 Å². The number of hydrogen-bond donors (Lipinski definition) is 4. The zero-order valence-electron chi connectivity index (χ0n) is 8.56. The standard InChI is InChI=1S/C8H9N5O4/c9-8-12-6-5(7(16)13-8)10-3(11-6)1-17-2-4(14)15/h1-2H2,(H,14,15)(H4,9,10,11,12,13,16). The third kappa shape index (κ3) is 2.39. The number of H-pyrrole nitrogens is 2. The van der Waals surface area contributed by atoms with E-state index < -0.39 is 18.1 Å². The average Bonchev–Trinajstić information content (AvgIpc) is 2.60. The molecule has 0 aliphatic heterocycles. The average molecular weight is 239 g/mol. The Hall–Kier alpha value is -2.42. The summed E-state index contributed by atoms with van der Waals surface area (Å²) in [4.78, 5) is 34.4. The summed E-state index contributed by atoms with van der Waals surface area (Å²) < 4.78 is 4.82. The fourth-order valence-corrected chi connectivity index (χ4v) is 1.28. The number of carboxylic acids is 1. The Bertz CT molecular complexity index is 616. The van der Waals surface area contributed by atoms with Crippen molar-refractivity contribution in [3.8, 4) is 0 Å². The predicted octanol–water partition coefficient (Wildman–Crippen LogP) is -1.17. The molecule has 0 fully saturated rings. The summed E-state index contributed by atoms with van der Waals surface area (Å²) in [6.07, 6.45) is 0. The quantitative estimate of drug-likeness (QED) is 0.525. The molecule has 0 saturated carbocycles. The first-order valence-electron chi connectivity index (χ1n) is 4.60. The van der Waals surface area contributed by atoms with Gasteiger partial charge in [0.1, 0.15) is 19.0 Å². The second kappa shape index (κ2) is 4.22. The van der Waals surface area contributed by atoms with Crippen LogP contribution in [0.25, 0.3) is 11.2 Å². The minimum Gasteiger partial charge on any atom is -0.480 e. The first kappa shape index (κ1) is 11.1. The van der Waals surface area contributed by atoms with E-state index in [1.54, 1.807) is 0 Å². The van der Waals surface area contributed by atoms with Crippen LogP contribution in [-0.4, -0.2) is 37.6 Å². The highest BCUT2D eigenvalue weighted by atomic mass is 16.5. The molecule has 0 radical (unpaired) electrons. The van der Waals surface area contributed by atoms with Gasteiger partial charge in [-0.05, 0) is 0 Å². The number of nitrogens with two attached hydrogens (primary N) is 1. The minimum atomic E-state index is -1.08. The molecule has 0 spiro atoms. The molecule has 0 aliphatic rings. The van der Waals surface area contributed by atoms with Crippen molar-refractivity contribution in [3.63, 3.8) is 0 Å². The molecular formula is C8H9N5O4. The van der Waals surface area contributed by atoms with Crippen LogP contribution in [0.15, 0.2) is 4.79 Å². The second-order valence-corrected chi connectivity index (χ2v) is 3.22. The van der Waals surface area contributed by atoms with Gasteiger partial charge in [0.25, 0.3) is 5.56 Å². The Morgan fingerprint density at radius 3 is 2.88 bits per heavy atom. The number of carboxylic acid groups (broad SMARTS) is 1. The molecular weight excluding hydrogens is 230 g/mol. The Labute approximate surface area is 93.6 Å². The van der Waals surface area contributed by atoms with E-state index in [1.165, 1.54) is 0 Å². The number of aliphatic carboxylic acids is 1. The maximum absolute atomic E-state index is 11.4. The Kier molecular flexibility index (Phi) is 2.75. The molecule has 0 saturated heterocycles. The topological polar surface area (TPSA) is 147 Å². The molecule has 2 aromatic rings. The summed E-state index contributed by atoms with van der Waals surface area (Å²) in [6.45, 7) is -0.495. The van der Waals surface area contributed by atoms with E-state index >= 15 is 0 Å². The monoisotopic (exact) mass is 239 g/mol. The lowest BCUT2D eigenvalue weighted by atomic mass is 10.5. The van der Waals surface area contributed by atoms with Gasteiger partial charge < -0.3 is 20.6 Å². The normalized spacial score (nSPS) is 10.8. The predicted molar refractivity (Wildman–Crippen MR) is 56.2 cm³/mol. The maximum Gasteiger partial charge on any atom is 0.329 e. The van der Waals surface area contributed by atoms with Crippen LogP contribution in [0.2, 0.25) is 0 Å². The van der Waals surface area contributed by atoms with E-state index in [0.29, 0.717) is 5.82 Å². The summed E-state index contributed by atoms with van der Waals surface area (Å²) in [5.41, 5.74) is 5.25. The molecule has 2 aromatic heterocycles. The minimum absolute atomic E-state index is 0.0352. The third-order valence-electron chi connectivity index (χ3n) is 1.89.